The minimum Gasteiger partial charge on any atom is -0.309 e. The van der Waals surface area contributed by atoms with Gasteiger partial charge in [-0.2, -0.15) is 0 Å². The van der Waals surface area contributed by atoms with Crippen LogP contribution in [0.15, 0.2) is 35.8 Å². The number of rotatable bonds is 3. The minimum atomic E-state index is -0.0518. The Bertz CT molecular complexity index is 886. The molecule has 25 heavy (non-hydrogen) atoms. The molecule has 3 aromatic rings. The van der Waals surface area contributed by atoms with Crippen molar-refractivity contribution in [1.82, 2.24) is 14.9 Å². The van der Waals surface area contributed by atoms with Crippen molar-refractivity contribution in [3.8, 4) is 10.6 Å². The quantitative estimate of drug-likeness (QED) is 0.708. The van der Waals surface area contributed by atoms with Crippen LogP contribution in [0.25, 0.3) is 10.6 Å². The molecule has 3 heterocycles. The number of amides is 1. The number of carbonyl (C=O) groups is 1. The number of anilines is 1. The maximum absolute atomic E-state index is 12.8. The molecular formula is C18H18N4OS2. The first kappa shape index (κ1) is 16.4. The lowest BCUT2D eigenvalue weighted by Gasteiger charge is -2.20. The Hall–Kier alpha value is -2.09. The molecule has 1 aromatic carbocycles. The van der Waals surface area contributed by atoms with E-state index in [1.165, 1.54) is 16.2 Å². The molecule has 0 saturated carbocycles. The topological polar surface area (TPSA) is 49.3 Å². The summed E-state index contributed by atoms with van der Waals surface area (Å²) in [5, 5.41) is 3.52. The first-order valence-corrected chi connectivity index (χ1v) is 9.76. The van der Waals surface area contributed by atoms with Gasteiger partial charge >= 0.3 is 0 Å². The second-order valence-electron chi connectivity index (χ2n) is 6.12. The van der Waals surface area contributed by atoms with E-state index in [0.717, 1.165) is 41.5 Å². The fraction of sp³-hybridized carbons (Fsp3) is 0.278. The Morgan fingerprint density at radius 3 is 2.80 bits per heavy atom. The zero-order valence-electron chi connectivity index (χ0n) is 14.1. The molecule has 0 radical (unpaired) electrons. The van der Waals surface area contributed by atoms with Crippen LogP contribution in [-0.2, 0) is 13.0 Å². The van der Waals surface area contributed by atoms with Gasteiger partial charge in [0, 0.05) is 54.3 Å². The molecule has 4 rings (SSSR count). The maximum Gasteiger partial charge on any atom is 0.286 e. The molecule has 5 nitrogen and oxygen atoms in total. The van der Waals surface area contributed by atoms with E-state index in [1.54, 1.807) is 29.5 Å². The molecule has 0 atom stereocenters. The summed E-state index contributed by atoms with van der Waals surface area (Å²) in [6.45, 7) is 1.88. The SMILES string of the molecule is CN1CCc2nc(C(=O)N(C)c3ccc(-c4nccs4)cc3)sc2C1. The monoisotopic (exact) mass is 370 g/mol. The number of fused-ring (bicyclic) bond motifs is 1. The number of benzene rings is 1. The number of hydrogen-bond donors (Lipinski definition) is 0. The zero-order valence-corrected chi connectivity index (χ0v) is 15.7. The van der Waals surface area contributed by atoms with Crippen molar-refractivity contribution in [2.45, 2.75) is 13.0 Å². The molecule has 128 valence electrons. The van der Waals surface area contributed by atoms with Crippen LogP contribution in [0.4, 0.5) is 5.69 Å². The van der Waals surface area contributed by atoms with E-state index in [9.17, 15) is 4.79 Å². The van der Waals surface area contributed by atoms with E-state index >= 15 is 0 Å². The fourth-order valence-electron chi connectivity index (χ4n) is 2.87. The van der Waals surface area contributed by atoms with Gasteiger partial charge in [-0.3, -0.25) is 4.79 Å². The third kappa shape index (κ3) is 3.22. The van der Waals surface area contributed by atoms with Crippen LogP contribution >= 0.6 is 22.7 Å². The fourth-order valence-corrected chi connectivity index (χ4v) is 4.68. The molecule has 1 aliphatic heterocycles. The van der Waals surface area contributed by atoms with E-state index in [-0.39, 0.29) is 5.91 Å². The van der Waals surface area contributed by atoms with Gasteiger partial charge < -0.3 is 9.80 Å². The summed E-state index contributed by atoms with van der Waals surface area (Å²) in [7, 11) is 3.90. The van der Waals surface area contributed by atoms with E-state index in [2.05, 4.69) is 21.9 Å². The molecule has 0 aliphatic carbocycles. The summed E-state index contributed by atoms with van der Waals surface area (Å²) >= 11 is 3.12. The summed E-state index contributed by atoms with van der Waals surface area (Å²) in [4.78, 5) is 26.8. The van der Waals surface area contributed by atoms with Crippen LogP contribution in [-0.4, -0.2) is 41.4 Å². The Morgan fingerprint density at radius 1 is 1.28 bits per heavy atom. The van der Waals surface area contributed by atoms with Crippen molar-refractivity contribution in [3.63, 3.8) is 0 Å². The van der Waals surface area contributed by atoms with E-state index < -0.39 is 0 Å². The van der Waals surface area contributed by atoms with Crippen LogP contribution in [0.2, 0.25) is 0 Å². The molecule has 0 bridgehead atoms. The van der Waals surface area contributed by atoms with Gasteiger partial charge in [0.25, 0.3) is 5.91 Å². The maximum atomic E-state index is 12.8. The predicted octanol–water partition coefficient (Wildman–Crippen LogP) is 3.53. The summed E-state index contributed by atoms with van der Waals surface area (Å²) in [5.74, 6) is -0.0518. The lowest BCUT2D eigenvalue weighted by atomic mass is 10.2. The lowest BCUT2D eigenvalue weighted by Crippen LogP contribution is -2.26. The smallest absolute Gasteiger partial charge is 0.286 e. The van der Waals surface area contributed by atoms with Crippen molar-refractivity contribution in [2.24, 2.45) is 0 Å². The predicted molar refractivity (Wildman–Crippen MR) is 102 cm³/mol. The van der Waals surface area contributed by atoms with E-state index in [4.69, 9.17) is 0 Å². The normalized spacial score (nSPS) is 14.3. The second kappa shape index (κ2) is 6.67. The van der Waals surface area contributed by atoms with Gasteiger partial charge in [-0.15, -0.1) is 22.7 Å². The zero-order chi connectivity index (χ0) is 17.4. The van der Waals surface area contributed by atoms with Crippen LogP contribution in [0.1, 0.15) is 20.4 Å². The van der Waals surface area contributed by atoms with Gasteiger partial charge in [-0.05, 0) is 31.3 Å². The molecule has 0 unspecified atom stereocenters. The van der Waals surface area contributed by atoms with Gasteiger partial charge in [0.1, 0.15) is 5.01 Å². The highest BCUT2D eigenvalue weighted by Gasteiger charge is 2.23. The number of thiazole rings is 2. The largest absolute Gasteiger partial charge is 0.309 e. The summed E-state index contributed by atoms with van der Waals surface area (Å²) in [6, 6.07) is 7.91. The van der Waals surface area contributed by atoms with Crippen LogP contribution in [0.3, 0.4) is 0 Å². The lowest BCUT2D eigenvalue weighted by molar-refractivity contribution is 0.0992. The summed E-state index contributed by atoms with van der Waals surface area (Å²) in [5.41, 5.74) is 3.00. The Morgan fingerprint density at radius 2 is 2.08 bits per heavy atom. The molecular weight excluding hydrogens is 352 g/mol. The van der Waals surface area contributed by atoms with Crippen molar-refractivity contribution >= 4 is 34.3 Å². The average Bonchev–Trinajstić information content (AvgIpc) is 3.30. The number of nitrogens with zero attached hydrogens (tertiary/aromatic N) is 4. The second-order valence-corrected chi connectivity index (χ2v) is 8.10. The van der Waals surface area contributed by atoms with Gasteiger partial charge in [-0.25, -0.2) is 9.97 Å². The van der Waals surface area contributed by atoms with Crippen LogP contribution < -0.4 is 4.90 Å². The third-order valence-corrected chi connectivity index (χ3v) is 6.24. The minimum absolute atomic E-state index is 0.0518. The Labute approximate surface area is 154 Å². The van der Waals surface area contributed by atoms with Crippen LogP contribution in [0, 0.1) is 0 Å². The first-order valence-electron chi connectivity index (χ1n) is 8.07. The number of aromatic nitrogens is 2. The number of hydrogen-bond acceptors (Lipinski definition) is 6. The van der Waals surface area contributed by atoms with Gasteiger partial charge in [0.05, 0.1) is 5.69 Å². The molecule has 2 aromatic heterocycles. The summed E-state index contributed by atoms with van der Waals surface area (Å²) < 4.78 is 0. The van der Waals surface area contributed by atoms with Crippen LogP contribution in [0.5, 0.6) is 0 Å². The van der Waals surface area contributed by atoms with Crippen molar-refractivity contribution in [3.05, 3.63) is 51.4 Å². The summed E-state index contributed by atoms with van der Waals surface area (Å²) in [6.07, 6.45) is 2.72. The standard InChI is InChI=1S/C18H18N4OS2/c1-21-9-7-14-15(11-21)25-17(20-14)18(23)22(2)13-5-3-12(4-6-13)16-19-8-10-24-16/h3-6,8,10H,7,9,11H2,1-2H3. The van der Waals surface area contributed by atoms with E-state index in [1.807, 2.05) is 29.6 Å². The number of likely N-dealkylation sites (N-methyl/N-ethyl adjacent to an activating group) is 1. The van der Waals surface area contributed by atoms with Gasteiger partial charge in [0.2, 0.25) is 0 Å². The van der Waals surface area contributed by atoms with Gasteiger partial charge in [-0.1, -0.05) is 0 Å². The first-order chi connectivity index (χ1) is 12.1. The number of carbonyl (C=O) groups excluding carboxylic acids is 1. The van der Waals surface area contributed by atoms with Crippen molar-refractivity contribution in [1.29, 1.82) is 0 Å². The molecule has 0 saturated heterocycles. The molecule has 1 amide bonds. The molecule has 0 fully saturated rings. The van der Waals surface area contributed by atoms with Crippen molar-refractivity contribution < 1.29 is 4.79 Å². The molecule has 0 spiro atoms. The highest BCUT2D eigenvalue weighted by Crippen LogP contribution is 2.28. The molecule has 0 N–H and O–H groups in total. The van der Waals surface area contributed by atoms with Gasteiger partial charge in [0.15, 0.2) is 5.01 Å². The molecule has 7 heteroatoms. The molecule has 1 aliphatic rings. The highest BCUT2D eigenvalue weighted by atomic mass is 32.1. The van der Waals surface area contributed by atoms with E-state index in [0.29, 0.717) is 5.01 Å². The third-order valence-electron chi connectivity index (χ3n) is 4.34. The Kier molecular flexibility index (Phi) is 4.37. The average molecular weight is 371 g/mol. The Balaban J connectivity index is 1.54. The van der Waals surface area contributed by atoms with Crippen molar-refractivity contribution in [2.75, 3.05) is 25.5 Å². The highest BCUT2D eigenvalue weighted by molar-refractivity contribution is 7.14.